The Morgan fingerprint density at radius 1 is 1.21 bits per heavy atom. The minimum atomic E-state index is -0.136. The lowest BCUT2D eigenvalue weighted by Gasteiger charge is -2.10. The first kappa shape index (κ1) is 16.5. The van der Waals surface area contributed by atoms with Gasteiger partial charge in [-0.15, -0.1) is 0 Å². The highest BCUT2D eigenvalue weighted by Crippen LogP contribution is 2.27. The minimum Gasteiger partial charge on any atom is -0.472 e. The summed E-state index contributed by atoms with van der Waals surface area (Å²) in [4.78, 5) is 17.5. The van der Waals surface area contributed by atoms with Crippen LogP contribution in [-0.2, 0) is 13.6 Å². The summed E-state index contributed by atoms with van der Waals surface area (Å²) in [6.07, 6.45) is 5.10. The van der Waals surface area contributed by atoms with E-state index in [1.807, 2.05) is 50.4 Å². The first-order valence-electron chi connectivity index (χ1n) is 9.04. The molecule has 0 aliphatic carbocycles. The Morgan fingerprint density at radius 3 is 2.93 bits per heavy atom. The monoisotopic (exact) mass is 370 g/mol. The molecule has 2 aromatic heterocycles. The number of nitrogens with one attached hydrogen (secondary N) is 1. The van der Waals surface area contributed by atoms with E-state index in [0.29, 0.717) is 12.1 Å². The standard InChI is InChI=1S/C22H18N4O2/c1-13-7-20-16(11-24-26(20)2)8-18(13)22(27)25-17-4-3-14-10-23-21(19(14)9-17)15-5-6-28-12-15/h3-9,11-12H,10H2,1-2H3,(H,25,27). The maximum atomic E-state index is 12.9. The molecule has 0 spiro atoms. The van der Waals surface area contributed by atoms with E-state index in [-0.39, 0.29) is 5.91 Å². The van der Waals surface area contributed by atoms with Gasteiger partial charge in [-0.05, 0) is 48.4 Å². The number of furan rings is 1. The van der Waals surface area contributed by atoms with Gasteiger partial charge in [0.05, 0.1) is 36.5 Å². The third-order valence-electron chi connectivity index (χ3n) is 5.16. The maximum absolute atomic E-state index is 12.9. The Morgan fingerprint density at radius 2 is 2.11 bits per heavy atom. The van der Waals surface area contributed by atoms with Crippen molar-refractivity contribution in [3.8, 4) is 0 Å². The van der Waals surface area contributed by atoms with Gasteiger partial charge in [0.25, 0.3) is 5.91 Å². The number of amides is 1. The number of anilines is 1. The molecule has 0 fully saturated rings. The fourth-order valence-corrected chi connectivity index (χ4v) is 3.66. The zero-order chi connectivity index (χ0) is 19.3. The average molecular weight is 370 g/mol. The van der Waals surface area contributed by atoms with Crippen molar-refractivity contribution in [1.29, 1.82) is 0 Å². The number of carbonyl (C=O) groups is 1. The summed E-state index contributed by atoms with van der Waals surface area (Å²) < 4.78 is 6.99. The highest BCUT2D eigenvalue weighted by Gasteiger charge is 2.20. The van der Waals surface area contributed by atoms with Crippen LogP contribution in [0.5, 0.6) is 0 Å². The molecular formula is C22H18N4O2. The Bertz CT molecular complexity index is 1250. The molecule has 6 heteroatoms. The maximum Gasteiger partial charge on any atom is 0.255 e. The molecular weight excluding hydrogens is 352 g/mol. The second-order valence-electron chi connectivity index (χ2n) is 7.00. The van der Waals surface area contributed by atoms with Crippen LogP contribution < -0.4 is 5.32 Å². The van der Waals surface area contributed by atoms with Crippen LogP contribution in [0.15, 0.2) is 64.5 Å². The molecule has 1 aliphatic rings. The van der Waals surface area contributed by atoms with Crippen molar-refractivity contribution in [2.24, 2.45) is 12.0 Å². The number of rotatable bonds is 3. The Balaban J connectivity index is 1.46. The van der Waals surface area contributed by atoms with E-state index in [9.17, 15) is 4.79 Å². The Hall–Kier alpha value is -3.67. The SMILES string of the molecule is Cc1cc2c(cnn2C)cc1C(=O)Nc1ccc2c(c1)C(c1ccoc1)=NC2. The van der Waals surface area contributed by atoms with Crippen LogP contribution in [0.3, 0.4) is 0 Å². The summed E-state index contributed by atoms with van der Waals surface area (Å²) in [6.45, 7) is 2.58. The van der Waals surface area contributed by atoms with Crippen molar-refractivity contribution in [2.45, 2.75) is 13.5 Å². The number of benzene rings is 2. The lowest BCUT2D eigenvalue weighted by Crippen LogP contribution is -2.14. The highest BCUT2D eigenvalue weighted by molar-refractivity contribution is 6.16. The van der Waals surface area contributed by atoms with Crippen molar-refractivity contribution >= 4 is 28.2 Å². The van der Waals surface area contributed by atoms with Gasteiger partial charge in [-0.1, -0.05) is 6.07 Å². The quantitative estimate of drug-likeness (QED) is 0.591. The van der Waals surface area contributed by atoms with Crippen molar-refractivity contribution in [1.82, 2.24) is 9.78 Å². The van der Waals surface area contributed by atoms with E-state index in [4.69, 9.17) is 4.42 Å². The summed E-state index contributed by atoms with van der Waals surface area (Å²) in [7, 11) is 1.89. The van der Waals surface area contributed by atoms with E-state index in [0.717, 1.165) is 44.6 Å². The molecule has 2 aromatic carbocycles. The van der Waals surface area contributed by atoms with E-state index < -0.39 is 0 Å². The van der Waals surface area contributed by atoms with Gasteiger partial charge in [0, 0.05) is 34.8 Å². The first-order chi connectivity index (χ1) is 13.6. The molecule has 0 saturated heterocycles. The van der Waals surface area contributed by atoms with Crippen LogP contribution in [0.1, 0.15) is 32.6 Å². The fraction of sp³-hybridized carbons (Fsp3) is 0.136. The van der Waals surface area contributed by atoms with Crippen LogP contribution in [0.2, 0.25) is 0 Å². The molecule has 1 N–H and O–H groups in total. The van der Waals surface area contributed by atoms with Gasteiger partial charge in [-0.25, -0.2) is 0 Å². The summed E-state index contributed by atoms with van der Waals surface area (Å²) >= 11 is 0. The molecule has 0 bridgehead atoms. The number of aliphatic imine (C=N–C) groups is 1. The van der Waals surface area contributed by atoms with Gasteiger partial charge in [0.1, 0.15) is 0 Å². The molecule has 4 aromatic rings. The van der Waals surface area contributed by atoms with Crippen molar-refractivity contribution in [3.05, 3.63) is 82.9 Å². The fourth-order valence-electron chi connectivity index (χ4n) is 3.66. The van der Waals surface area contributed by atoms with Gasteiger partial charge in [0.2, 0.25) is 0 Å². The van der Waals surface area contributed by atoms with Crippen molar-refractivity contribution in [2.75, 3.05) is 5.32 Å². The number of hydrogen-bond donors (Lipinski definition) is 1. The lowest BCUT2D eigenvalue weighted by molar-refractivity contribution is 0.102. The number of hydrogen-bond acceptors (Lipinski definition) is 4. The molecule has 138 valence electrons. The molecule has 0 saturated carbocycles. The predicted octanol–water partition coefficient (Wildman–Crippen LogP) is 4.08. The Labute approximate surface area is 161 Å². The van der Waals surface area contributed by atoms with Gasteiger partial charge >= 0.3 is 0 Å². The lowest BCUT2D eigenvalue weighted by atomic mass is 10.0. The smallest absolute Gasteiger partial charge is 0.255 e. The number of carbonyl (C=O) groups excluding carboxylic acids is 1. The molecule has 6 nitrogen and oxygen atoms in total. The summed E-state index contributed by atoms with van der Waals surface area (Å²) in [5.41, 5.74) is 7.31. The molecule has 3 heterocycles. The van der Waals surface area contributed by atoms with E-state index in [2.05, 4.69) is 15.4 Å². The van der Waals surface area contributed by atoms with Crippen LogP contribution in [0.4, 0.5) is 5.69 Å². The van der Waals surface area contributed by atoms with Crippen molar-refractivity contribution in [3.63, 3.8) is 0 Å². The number of aromatic nitrogens is 2. The number of nitrogens with zero attached hydrogens (tertiary/aromatic N) is 3. The zero-order valence-electron chi connectivity index (χ0n) is 15.6. The molecule has 1 aliphatic heterocycles. The Kier molecular flexibility index (Phi) is 3.65. The minimum absolute atomic E-state index is 0.136. The van der Waals surface area contributed by atoms with Crippen LogP contribution in [-0.4, -0.2) is 21.4 Å². The molecule has 0 radical (unpaired) electrons. The summed E-state index contributed by atoms with van der Waals surface area (Å²) in [5.74, 6) is -0.136. The van der Waals surface area contributed by atoms with Crippen LogP contribution in [0, 0.1) is 6.92 Å². The molecule has 28 heavy (non-hydrogen) atoms. The largest absolute Gasteiger partial charge is 0.472 e. The molecule has 1 amide bonds. The van der Waals surface area contributed by atoms with Gasteiger partial charge in [-0.3, -0.25) is 14.5 Å². The molecule has 0 unspecified atom stereocenters. The third kappa shape index (κ3) is 2.62. The van der Waals surface area contributed by atoms with E-state index >= 15 is 0 Å². The number of fused-ring (bicyclic) bond motifs is 2. The number of aryl methyl sites for hydroxylation is 2. The van der Waals surface area contributed by atoms with Gasteiger partial charge in [-0.2, -0.15) is 5.10 Å². The van der Waals surface area contributed by atoms with E-state index in [1.165, 1.54) is 0 Å². The predicted molar refractivity (Wildman–Crippen MR) is 108 cm³/mol. The summed E-state index contributed by atoms with van der Waals surface area (Å²) in [5, 5.41) is 8.22. The van der Waals surface area contributed by atoms with Crippen LogP contribution >= 0.6 is 0 Å². The second kappa shape index (κ2) is 6.20. The normalized spacial score (nSPS) is 12.9. The third-order valence-corrected chi connectivity index (χ3v) is 5.16. The van der Waals surface area contributed by atoms with Crippen molar-refractivity contribution < 1.29 is 9.21 Å². The second-order valence-corrected chi connectivity index (χ2v) is 7.00. The first-order valence-corrected chi connectivity index (χ1v) is 9.04. The zero-order valence-corrected chi connectivity index (χ0v) is 15.6. The molecule has 0 atom stereocenters. The topological polar surface area (TPSA) is 72.4 Å². The highest BCUT2D eigenvalue weighted by atomic mass is 16.3. The van der Waals surface area contributed by atoms with Gasteiger partial charge < -0.3 is 9.73 Å². The average Bonchev–Trinajstić information content (AvgIpc) is 3.41. The molecule has 5 rings (SSSR count). The summed E-state index contributed by atoms with van der Waals surface area (Å²) in [6, 6.07) is 11.7. The van der Waals surface area contributed by atoms with Gasteiger partial charge in [0.15, 0.2) is 0 Å². The van der Waals surface area contributed by atoms with E-state index in [1.54, 1.807) is 23.4 Å². The van der Waals surface area contributed by atoms with Crippen LogP contribution in [0.25, 0.3) is 10.9 Å².